The first kappa shape index (κ1) is 20.0. The fourth-order valence-electron chi connectivity index (χ4n) is 3.02. The average molecular weight is 420 g/mol. The molecule has 4 rings (SSSR count). The lowest BCUT2D eigenvalue weighted by Crippen LogP contribution is -2.23. The van der Waals surface area contributed by atoms with Gasteiger partial charge in [-0.05, 0) is 34.8 Å². The first-order valence-corrected chi connectivity index (χ1v) is 10.3. The maximum absolute atomic E-state index is 12.7. The lowest BCUT2D eigenvalue weighted by molar-refractivity contribution is -0.131. The first-order valence-electron chi connectivity index (χ1n) is 9.51. The van der Waals surface area contributed by atoms with Crippen LogP contribution < -0.4 is 14.8 Å². The van der Waals surface area contributed by atoms with Gasteiger partial charge >= 0.3 is 5.97 Å². The molecule has 7 heteroatoms. The van der Waals surface area contributed by atoms with Crippen LogP contribution in [0.5, 0.6) is 5.75 Å². The fraction of sp³-hybridized carbons (Fsp3) is 0.217. The summed E-state index contributed by atoms with van der Waals surface area (Å²) < 4.78 is 6.91. The third kappa shape index (κ3) is 4.02. The van der Waals surface area contributed by atoms with E-state index in [-0.39, 0.29) is 16.9 Å². The second kappa shape index (κ2) is 7.50. The maximum Gasteiger partial charge on any atom is 0.308 e. The van der Waals surface area contributed by atoms with E-state index in [0.717, 1.165) is 11.1 Å². The Balaban J connectivity index is 1.65. The van der Waals surface area contributed by atoms with Gasteiger partial charge in [0.15, 0.2) is 5.82 Å². The van der Waals surface area contributed by atoms with Crippen molar-refractivity contribution in [1.29, 1.82) is 0 Å². The molecule has 0 fully saturated rings. The van der Waals surface area contributed by atoms with Crippen molar-refractivity contribution in [3.8, 4) is 17.1 Å². The summed E-state index contributed by atoms with van der Waals surface area (Å²) in [5, 5.41) is 4.41. The highest BCUT2D eigenvalue weighted by molar-refractivity contribution is 7.15. The van der Waals surface area contributed by atoms with Crippen LogP contribution in [-0.2, 0) is 10.2 Å². The second-order valence-electron chi connectivity index (χ2n) is 8.04. The summed E-state index contributed by atoms with van der Waals surface area (Å²) in [4.78, 5) is 28.8. The van der Waals surface area contributed by atoms with Gasteiger partial charge in [0, 0.05) is 12.5 Å². The summed E-state index contributed by atoms with van der Waals surface area (Å²) in [5.74, 6) is 0.630. The molecule has 6 nitrogen and oxygen atoms in total. The number of thiazole rings is 1. The summed E-state index contributed by atoms with van der Waals surface area (Å²) >= 11 is 1.29. The molecule has 0 aliphatic rings. The van der Waals surface area contributed by atoms with Crippen molar-refractivity contribution in [2.24, 2.45) is 0 Å². The number of nitrogens with zero attached hydrogens (tertiary/aromatic N) is 3. The number of hydrogen-bond donors (Lipinski definition) is 0. The summed E-state index contributed by atoms with van der Waals surface area (Å²) in [6.45, 7) is 7.85. The molecule has 0 atom stereocenters. The molecule has 0 amide bonds. The van der Waals surface area contributed by atoms with Crippen LogP contribution in [0.2, 0.25) is 0 Å². The molecule has 0 aliphatic heterocycles. The number of ether oxygens (including phenoxy) is 1. The number of rotatable bonds is 3. The molecule has 0 N–H and O–H groups in total. The first-order chi connectivity index (χ1) is 14.2. The normalized spacial score (nSPS) is 12.5. The zero-order valence-electron chi connectivity index (χ0n) is 17.2. The molecule has 0 radical (unpaired) electrons. The van der Waals surface area contributed by atoms with Gasteiger partial charge < -0.3 is 4.74 Å². The zero-order chi connectivity index (χ0) is 21.5. The van der Waals surface area contributed by atoms with E-state index < -0.39 is 0 Å². The molecule has 0 spiro atoms. The quantitative estimate of drug-likeness (QED) is 0.375. The molecule has 2 heterocycles. The number of benzene rings is 2. The Morgan fingerprint density at radius 2 is 1.73 bits per heavy atom. The van der Waals surface area contributed by atoms with E-state index in [1.165, 1.54) is 28.3 Å². The molecule has 30 heavy (non-hydrogen) atoms. The van der Waals surface area contributed by atoms with Crippen molar-refractivity contribution < 1.29 is 9.53 Å². The minimum Gasteiger partial charge on any atom is -0.427 e. The monoisotopic (exact) mass is 419 g/mol. The molecular formula is C23H21N3O3S. The molecule has 0 aliphatic carbocycles. The van der Waals surface area contributed by atoms with Crippen LogP contribution in [0.1, 0.15) is 38.8 Å². The topological polar surface area (TPSA) is 73.6 Å². The Kier molecular flexibility index (Phi) is 4.99. The van der Waals surface area contributed by atoms with Crippen LogP contribution in [-0.4, -0.2) is 20.6 Å². The largest absolute Gasteiger partial charge is 0.427 e. The van der Waals surface area contributed by atoms with Crippen molar-refractivity contribution in [2.75, 3.05) is 0 Å². The van der Waals surface area contributed by atoms with E-state index in [1.807, 2.05) is 12.1 Å². The average Bonchev–Trinajstić information content (AvgIpc) is 3.22. The Morgan fingerprint density at radius 3 is 2.30 bits per heavy atom. The van der Waals surface area contributed by atoms with Crippen LogP contribution in [0.15, 0.2) is 53.3 Å². The molecular weight excluding hydrogens is 398 g/mol. The van der Waals surface area contributed by atoms with Gasteiger partial charge in [-0.15, -0.1) is 5.10 Å². The smallest absolute Gasteiger partial charge is 0.308 e. The van der Waals surface area contributed by atoms with E-state index in [2.05, 4.69) is 43.0 Å². The zero-order valence-corrected chi connectivity index (χ0v) is 18.0. The minimum absolute atomic E-state index is 0.0732. The SMILES string of the molecule is CC(=O)Oc1ccc(/C=c2/sc3nc(-c4ccc(C(C)(C)C)cc4)nn3c2=O)cc1. The second-order valence-corrected chi connectivity index (χ2v) is 9.04. The van der Waals surface area contributed by atoms with Crippen LogP contribution in [0.4, 0.5) is 0 Å². The van der Waals surface area contributed by atoms with Crippen molar-refractivity contribution in [2.45, 2.75) is 33.1 Å². The lowest BCUT2D eigenvalue weighted by atomic mass is 9.87. The van der Waals surface area contributed by atoms with E-state index in [4.69, 9.17) is 4.74 Å². The molecule has 0 bridgehead atoms. The minimum atomic E-state index is -0.372. The van der Waals surface area contributed by atoms with Crippen molar-refractivity contribution in [3.63, 3.8) is 0 Å². The Labute approximate surface area is 177 Å². The van der Waals surface area contributed by atoms with E-state index in [9.17, 15) is 9.59 Å². The van der Waals surface area contributed by atoms with E-state index in [0.29, 0.717) is 21.1 Å². The fourth-order valence-corrected chi connectivity index (χ4v) is 3.93. The van der Waals surface area contributed by atoms with Gasteiger partial charge in [-0.25, -0.2) is 0 Å². The number of fused-ring (bicyclic) bond motifs is 1. The van der Waals surface area contributed by atoms with Crippen LogP contribution >= 0.6 is 11.3 Å². The van der Waals surface area contributed by atoms with Gasteiger partial charge in [-0.1, -0.05) is 68.5 Å². The maximum atomic E-state index is 12.7. The van der Waals surface area contributed by atoms with Gasteiger partial charge in [0.05, 0.1) is 4.53 Å². The van der Waals surface area contributed by atoms with Gasteiger partial charge in [-0.3, -0.25) is 9.59 Å². The number of carbonyl (C=O) groups is 1. The predicted octanol–water partition coefficient (Wildman–Crippen LogP) is 3.59. The summed E-state index contributed by atoms with van der Waals surface area (Å²) in [7, 11) is 0. The standard InChI is InChI=1S/C23H21N3O3S/c1-14(27)29-18-11-5-15(6-12-18)13-19-21(28)26-22(30-19)24-20(25-26)16-7-9-17(10-8-16)23(2,3)4/h5-13H,1-4H3/b19-13+. The lowest BCUT2D eigenvalue weighted by Gasteiger charge is -2.18. The number of aromatic nitrogens is 3. The predicted molar refractivity (Wildman–Crippen MR) is 118 cm³/mol. The summed E-state index contributed by atoms with van der Waals surface area (Å²) in [6.07, 6.45) is 1.78. The Bertz CT molecular complexity index is 1330. The van der Waals surface area contributed by atoms with Crippen molar-refractivity contribution >= 4 is 28.3 Å². The molecule has 152 valence electrons. The van der Waals surface area contributed by atoms with Gasteiger partial charge in [0.2, 0.25) is 4.96 Å². The molecule has 2 aromatic heterocycles. The molecule has 0 saturated heterocycles. The van der Waals surface area contributed by atoms with Crippen molar-refractivity contribution in [1.82, 2.24) is 14.6 Å². The van der Waals surface area contributed by atoms with Crippen molar-refractivity contribution in [3.05, 3.63) is 74.5 Å². The molecule has 0 unspecified atom stereocenters. The number of carbonyl (C=O) groups excluding carboxylic acids is 1. The summed E-state index contributed by atoms with van der Waals surface area (Å²) in [6, 6.07) is 15.1. The molecule has 4 aromatic rings. The molecule has 0 saturated carbocycles. The van der Waals surface area contributed by atoms with Gasteiger partial charge in [0.1, 0.15) is 5.75 Å². The summed E-state index contributed by atoms with van der Waals surface area (Å²) in [5.41, 5.74) is 2.80. The number of esters is 1. The third-order valence-electron chi connectivity index (χ3n) is 4.63. The van der Waals surface area contributed by atoms with Gasteiger partial charge in [-0.2, -0.15) is 9.50 Å². The van der Waals surface area contributed by atoms with E-state index >= 15 is 0 Å². The highest BCUT2D eigenvalue weighted by atomic mass is 32.1. The number of hydrogen-bond acceptors (Lipinski definition) is 6. The van der Waals surface area contributed by atoms with E-state index in [1.54, 1.807) is 30.3 Å². The van der Waals surface area contributed by atoms with Crippen LogP contribution in [0.3, 0.4) is 0 Å². The van der Waals surface area contributed by atoms with Crippen LogP contribution in [0.25, 0.3) is 22.4 Å². The Morgan fingerprint density at radius 1 is 1.07 bits per heavy atom. The Hall–Kier alpha value is -3.32. The third-order valence-corrected chi connectivity index (χ3v) is 5.59. The molecule has 2 aromatic carbocycles. The van der Waals surface area contributed by atoms with Gasteiger partial charge in [0.25, 0.3) is 5.56 Å². The highest BCUT2D eigenvalue weighted by Gasteiger charge is 2.15. The van der Waals surface area contributed by atoms with Crippen LogP contribution in [0, 0.1) is 0 Å². The highest BCUT2D eigenvalue weighted by Crippen LogP contribution is 2.25.